The maximum Gasteiger partial charge on any atom is 0.143 e. The normalized spacial score (nSPS) is 12.0. The number of ether oxygens (including phenoxy) is 1. The van der Waals surface area contributed by atoms with Crippen molar-refractivity contribution in [1.82, 2.24) is 0 Å². The molecule has 0 heterocycles. The number of nitrogens with zero attached hydrogens (tertiary/aromatic N) is 1. The van der Waals surface area contributed by atoms with Gasteiger partial charge in [-0.1, -0.05) is 65.8 Å². The zero-order chi connectivity index (χ0) is 22.1. The third-order valence-corrected chi connectivity index (χ3v) is 5.35. The molecule has 3 aromatic carbocycles. The van der Waals surface area contributed by atoms with Gasteiger partial charge in [0.15, 0.2) is 0 Å². The van der Waals surface area contributed by atoms with E-state index >= 15 is 0 Å². The number of phenols is 1. The second-order valence-corrected chi connectivity index (χ2v) is 9.76. The summed E-state index contributed by atoms with van der Waals surface area (Å²) in [6.07, 6.45) is 0. The van der Waals surface area contributed by atoms with Crippen molar-refractivity contribution >= 4 is 17.1 Å². The van der Waals surface area contributed by atoms with Gasteiger partial charge in [-0.25, -0.2) is 0 Å². The number of hydrogen-bond acceptors (Lipinski definition) is 3. The summed E-state index contributed by atoms with van der Waals surface area (Å²) < 4.78 is 5.34. The van der Waals surface area contributed by atoms with Gasteiger partial charge in [0.05, 0.1) is 12.8 Å². The van der Waals surface area contributed by atoms with Crippen LogP contribution in [-0.4, -0.2) is 12.2 Å². The second kappa shape index (κ2) is 8.06. The van der Waals surface area contributed by atoms with Gasteiger partial charge in [0, 0.05) is 16.9 Å². The number of methoxy groups -OCH3 is 1. The highest BCUT2D eigenvalue weighted by Crippen LogP contribution is 2.46. The molecule has 0 radical (unpaired) electrons. The van der Waals surface area contributed by atoms with Crippen LogP contribution in [0.15, 0.2) is 66.7 Å². The first-order valence-corrected chi connectivity index (χ1v) is 10.4. The highest BCUT2D eigenvalue weighted by Gasteiger charge is 2.28. The van der Waals surface area contributed by atoms with Crippen LogP contribution < -0.4 is 9.64 Å². The summed E-state index contributed by atoms with van der Waals surface area (Å²) in [6, 6.07) is 22.3. The Hall–Kier alpha value is -2.94. The van der Waals surface area contributed by atoms with Crippen LogP contribution in [0.5, 0.6) is 11.5 Å². The second-order valence-electron chi connectivity index (χ2n) is 9.76. The molecule has 3 nitrogen and oxygen atoms in total. The van der Waals surface area contributed by atoms with Crippen LogP contribution in [0.4, 0.5) is 17.1 Å². The monoisotopic (exact) mass is 403 g/mol. The smallest absolute Gasteiger partial charge is 0.143 e. The summed E-state index contributed by atoms with van der Waals surface area (Å²) in [7, 11) is 1.66. The molecule has 0 amide bonds. The van der Waals surface area contributed by atoms with E-state index in [1.165, 1.54) is 5.56 Å². The van der Waals surface area contributed by atoms with Crippen LogP contribution in [0.1, 0.15) is 52.7 Å². The average molecular weight is 404 g/mol. The van der Waals surface area contributed by atoms with Crippen molar-refractivity contribution in [3.05, 3.63) is 77.9 Å². The molecule has 0 aliphatic rings. The zero-order valence-electron chi connectivity index (χ0n) is 19.2. The summed E-state index contributed by atoms with van der Waals surface area (Å²) in [5.41, 5.74) is 4.62. The zero-order valence-corrected chi connectivity index (χ0v) is 19.2. The third kappa shape index (κ3) is 4.46. The Morgan fingerprint density at radius 3 is 1.80 bits per heavy atom. The number of aromatic hydroxyl groups is 1. The standard InChI is InChI=1S/C27H33NO2/c1-26(2,3)19-17-23(27(4,5)6)25(29)24(18-19)28(20-11-9-8-10-12-20)21-13-15-22(30-7)16-14-21/h8-18,29H,1-7H3. The van der Waals surface area contributed by atoms with Crippen molar-refractivity contribution in [3.63, 3.8) is 0 Å². The predicted molar refractivity (Wildman–Crippen MR) is 127 cm³/mol. The first-order chi connectivity index (χ1) is 14.0. The number of benzene rings is 3. The molecule has 3 aromatic rings. The Bertz CT molecular complexity index is 994. The first-order valence-electron chi connectivity index (χ1n) is 10.4. The predicted octanol–water partition coefficient (Wildman–Crippen LogP) is 7.47. The molecule has 0 saturated heterocycles. The number of phenolic OH excluding ortho intramolecular Hbond substituents is 1. The number of anilines is 3. The molecule has 0 aromatic heterocycles. The van der Waals surface area contributed by atoms with Crippen LogP contribution in [0.25, 0.3) is 0 Å². The summed E-state index contributed by atoms with van der Waals surface area (Å²) in [4.78, 5) is 2.11. The van der Waals surface area contributed by atoms with Crippen LogP contribution >= 0.6 is 0 Å². The number of para-hydroxylation sites is 1. The lowest BCUT2D eigenvalue weighted by Crippen LogP contribution is -2.19. The molecule has 30 heavy (non-hydrogen) atoms. The van der Waals surface area contributed by atoms with Crippen molar-refractivity contribution < 1.29 is 9.84 Å². The molecule has 0 unspecified atom stereocenters. The lowest BCUT2D eigenvalue weighted by atomic mass is 9.79. The highest BCUT2D eigenvalue weighted by molar-refractivity contribution is 5.82. The van der Waals surface area contributed by atoms with Gasteiger partial charge >= 0.3 is 0 Å². The largest absolute Gasteiger partial charge is 0.505 e. The van der Waals surface area contributed by atoms with Gasteiger partial charge in [0.2, 0.25) is 0 Å². The topological polar surface area (TPSA) is 32.7 Å². The molecule has 158 valence electrons. The van der Waals surface area contributed by atoms with Crippen LogP contribution in [-0.2, 0) is 10.8 Å². The Morgan fingerprint density at radius 2 is 1.30 bits per heavy atom. The maximum absolute atomic E-state index is 11.4. The molecule has 0 fully saturated rings. The first kappa shape index (κ1) is 21.8. The molecule has 0 bridgehead atoms. The van der Waals surface area contributed by atoms with E-state index in [9.17, 15) is 5.11 Å². The summed E-state index contributed by atoms with van der Waals surface area (Å²) >= 11 is 0. The van der Waals surface area contributed by atoms with Gasteiger partial charge in [0.25, 0.3) is 0 Å². The van der Waals surface area contributed by atoms with Gasteiger partial charge in [0.1, 0.15) is 11.5 Å². The van der Waals surface area contributed by atoms with Crippen LogP contribution in [0.2, 0.25) is 0 Å². The van der Waals surface area contributed by atoms with E-state index in [1.54, 1.807) is 7.11 Å². The minimum atomic E-state index is -0.192. The van der Waals surface area contributed by atoms with Gasteiger partial charge in [-0.3, -0.25) is 0 Å². The molecule has 3 rings (SSSR count). The SMILES string of the molecule is COc1ccc(N(c2ccccc2)c2cc(C(C)(C)C)cc(C(C)(C)C)c2O)cc1. The van der Waals surface area contributed by atoms with Crippen molar-refractivity contribution in [2.75, 3.05) is 12.0 Å². The lowest BCUT2D eigenvalue weighted by Gasteiger charge is -2.32. The molecule has 1 N–H and O–H groups in total. The Kier molecular flexibility index (Phi) is 5.85. The Morgan fingerprint density at radius 1 is 0.733 bits per heavy atom. The quantitative estimate of drug-likeness (QED) is 0.490. The minimum Gasteiger partial charge on any atom is -0.505 e. The molecule has 3 heteroatoms. The van der Waals surface area contributed by atoms with Crippen molar-refractivity contribution in [2.24, 2.45) is 0 Å². The van der Waals surface area contributed by atoms with E-state index < -0.39 is 0 Å². The van der Waals surface area contributed by atoms with E-state index in [4.69, 9.17) is 4.74 Å². The van der Waals surface area contributed by atoms with Gasteiger partial charge in [-0.2, -0.15) is 0 Å². The van der Waals surface area contributed by atoms with Crippen molar-refractivity contribution in [3.8, 4) is 11.5 Å². The van der Waals surface area contributed by atoms with Crippen molar-refractivity contribution in [1.29, 1.82) is 0 Å². The fourth-order valence-electron chi connectivity index (χ4n) is 3.53. The van der Waals surface area contributed by atoms with E-state index in [0.29, 0.717) is 5.75 Å². The Balaban J connectivity index is 2.32. The van der Waals surface area contributed by atoms with Crippen molar-refractivity contribution in [2.45, 2.75) is 52.4 Å². The van der Waals surface area contributed by atoms with Gasteiger partial charge in [-0.15, -0.1) is 0 Å². The van der Waals surface area contributed by atoms with Gasteiger partial charge < -0.3 is 14.7 Å². The lowest BCUT2D eigenvalue weighted by molar-refractivity contribution is 0.415. The Labute approximate surface area is 180 Å². The molecule has 0 aliphatic carbocycles. The molecule has 0 aliphatic heterocycles. The highest BCUT2D eigenvalue weighted by atomic mass is 16.5. The van der Waals surface area contributed by atoms with Crippen LogP contribution in [0.3, 0.4) is 0 Å². The molecular weight excluding hydrogens is 370 g/mol. The van der Waals surface area contributed by atoms with Gasteiger partial charge in [-0.05, 0) is 58.9 Å². The maximum atomic E-state index is 11.4. The van der Waals surface area contributed by atoms with Crippen LogP contribution in [0, 0.1) is 0 Å². The third-order valence-electron chi connectivity index (χ3n) is 5.35. The van der Waals surface area contributed by atoms with E-state index in [2.05, 4.69) is 70.7 Å². The number of hydrogen-bond donors (Lipinski definition) is 1. The van der Waals surface area contributed by atoms with E-state index in [1.807, 2.05) is 42.5 Å². The minimum absolute atomic E-state index is 0.0509. The molecule has 0 spiro atoms. The summed E-state index contributed by atoms with van der Waals surface area (Å²) in [6.45, 7) is 13.0. The summed E-state index contributed by atoms with van der Waals surface area (Å²) in [5.74, 6) is 1.12. The van der Waals surface area contributed by atoms with E-state index in [0.717, 1.165) is 28.4 Å². The fraction of sp³-hybridized carbons (Fsp3) is 0.333. The van der Waals surface area contributed by atoms with E-state index in [-0.39, 0.29) is 10.8 Å². The number of rotatable bonds is 4. The molecule has 0 atom stereocenters. The summed E-state index contributed by atoms with van der Waals surface area (Å²) in [5, 5.41) is 11.4. The molecular formula is C27H33NO2. The average Bonchev–Trinajstić information content (AvgIpc) is 2.69. The molecule has 0 saturated carbocycles. The fourth-order valence-corrected chi connectivity index (χ4v) is 3.53.